The number of rotatable bonds is 5. The molecule has 1 heterocycles. The highest BCUT2D eigenvalue weighted by molar-refractivity contribution is 7.09. The van der Waals surface area contributed by atoms with Crippen LogP contribution in [0.25, 0.3) is 0 Å². The van der Waals surface area contributed by atoms with Crippen LogP contribution in [0.5, 0.6) is 5.75 Å². The van der Waals surface area contributed by atoms with Crippen LogP contribution < -0.4 is 0 Å². The summed E-state index contributed by atoms with van der Waals surface area (Å²) in [6, 6.07) is 6.95. The van der Waals surface area contributed by atoms with Crippen molar-refractivity contribution in [3.8, 4) is 5.75 Å². The summed E-state index contributed by atoms with van der Waals surface area (Å²) in [6.07, 6.45) is 1.23. The fourth-order valence-electron chi connectivity index (χ4n) is 1.90. The Labute approximate surface area is 122 Å². The van der Waals surface area contributed by atoms with Crippen molar-refractivity contribution in [2.45, 2.75) is 26.3 Å². The van der Waals surface area contributed by atoms with Gasteiger partial charge in [0.05, 0.1) is 17.1 Å². The summed E-state index contributed by atoms with van der Waals surface area (Å²) in [4.78, 5) is 18.2. The molecule has 0 fully saturated rings. The predicted octanol–water partition coefficient (Wildman–Crippen LogP) is 2.61. The maximum atomic E-state index is 12.1. The minimum absolute atomic E-state index is 0.0290. The molecule has 0 saturated heterocycles. The number of hydrogen-bond acceptors (Lipinski definition) is 4. The SMILES string of the molecule is CCc1nc(CC(=O)N(C)Cc2cccc(O)c2)cs1. The van der Waals surface area contributed by atoms with E-state index in [2.05, 4.69) is 11.9 Å². The van der Waals surface area contributed by atoms with Gasteiger partial charge in [-0.2, -0.15) is 0 Å². The number of thiazole rings is 1. The van der Waals surface area contributed by atoms with Crippen LogP contribution >= 0.6 is 11.3 Å². The lowest BCUT2D eigenvalue weighted by atomic mass is 10.2. The van der Waals surface area contributed by atoms with E-state index in [1.807, 2.05) is 11.4 Å². The predicted molar refractivity (Wildman–Crippen MR) is 79.8 cm³/mol. The molecule has 0 aliphatic carbocycles. The van der Waals surface area contributed by atoms with Gasteiger partial charge in [-0.25, -0.2) is 4.98 Å². The van der Waals surface area contributed by atoms with Gasteiger partial charge in [0.15, 0.2) is 0 Å². The van der Waals surface area contributed by atoms with Gasteiger partial charge in [-0.15, -0.1) is 11.3 Å². The monoisotopic (exact) mass is 290 g/mol. The molecule has 0 bridgehead atoms. The zero-order valence-electron chi connectivity index (χ0n) is 11.7. The zero-order valence-corrected chi connectivity index (χ0v) is 12.5. The van der Waals surface area contributed by atoms with E-state index >= 15 is 0 Å². The maximum absolute atomic E-state index is 12.1. The fraction of sp³-hybridized carbons (Fsp3) is 0.333. The first kappa shape index (κ1) is 14.5. The molecule has 2 aromatic rings. The average molecular weight is 290 g/mol. The first-order valence-corrected chi connectivity index (χ1v) is 7.41. The number of likely N-dealkylation sites (N-methyl/N-ethyl adjacent to an activating group) is 1. The number of hydrogen-bond donors (Lipinski definition) is 1. The number of carbonyl (C=O) groups excluding carboxylic acids is 1. The van der Waals surface area contributed by atoms with E-state index in [-0.39, 0.29) is 11.7 Å². The highest BCUT2D eigenvalue weighted by Crippen LogP contribution is 2.14. The van der Waals surface area contributed by atoms with E-state index in [0.717, 1.165) is 22.7 Å². The molecule has 1 N–H and O–H groups in total. The van der Waals surface area contributed by atoms with E-state index in [0.29, 0.717) is 13.0 Å². The summed E-state index contributed by atoms with van der Waals surface area (Å²) < 4.78 is 0. The number of amides is 1. The number of aryl methyl sites for hydroxylation is 1. The van der Waals surface area contributed by atoms with Crippen LogP contribution in [0.15, 0.2) is 29.6 Å². The van der Waals surface area contributed by atoms with E-state index in [1.54, 1.807) is 41.5 Å². The molecule has 0 aliphatic rings. The lowest BCUT2D eigenvalue weighted by Crippen LogP contribution is -2.27. The molecule has 0 aliphatic heterocycles. The summed E-state index contributed by atoms with van der Waals surface area (Å²) in [5, 5.41) is 12.4. The van der Waals surface area contributed by atoms with Crippen LogP contribution in [0.3, 0.4) is 0 Å². The lowest BCUT2D eigenvalue weighted by Gasteiger charge is -2.16. The molecule has 5 heteroatoms. The normalized spacial score (nSPS) is 10.5. The summed E-state index contributed by atoms with van der Waals surface area (Å²) in [5.74, 6) is 0.247. The third-order valence-corrected chi connectivity index (χ3v) is 4.03. The average Bonchev–Trinajstić information content (AvgIpc) is 2.86. The Morgan fingerprint density at radius 3 is 2.90 bits per heavy atom. The molecule has 1 amide bonds. The first-order valence-electron chi connectivity index (χ1n) is 6.53. The molecule has 20 heavy (non-hydrogen) atoms. The van der Waals surface area contributed by atoms with Crippen molar-refractivity contribution in [3.63, 3.8) is 0 Å². The Morgan fingerprint density at radius 1 is 1.45 bits per heavy atom. The second-order valence-corrected chi connectivity index (χ2v) is 5.63. The molecule has 2 rings (SSSR count). The molecular formula is C15H18N2O2S. The zero-order chi connectivity index (χ0) is 14.5. The number of phenols is 1. The first-order chi connectivity index (χ1) is 9.58. The van der Waals surface area contributed by atoms with Gasteiger partial charge in [0.2, 0.25) is 5.91 Å². The van der Waals surface area contributed by atoms with Crippen LogP contribution in [-0.4, -0.2) is 27.9 Å². The van der Waals surface area contributed by atoms with Crippen LogP contribution in [0.1, 0.15) is 23.2 Å². The van der Waals surface area contributed by atoms with E-state index in [1.165, 1.54) is 0 Å². The summed E-state index contributed by atoms with van der Waals surface area (Å²) >= 11 is 1.59. The van der Waals surface area contributed by atoms with Gasteiger partial charge >= 0.3 is 0 Å². The second kappa shape index (κ2) is 6.52. The van der Waals surface area contributed by atoms with Crippen molar-refractivity contribution in [2.75, 3.05) is 7.05 Å². The molecule has 0 atom stereocenters. The number of aromatic hydroxyl groups is 1. The standard InChI is InChI=1S/C15H18N2O2S/c1-3-14-16-12(10-20-14)8-15(19)17(2)9-11-5-4-6-13(18)7-11/h4-7,10,18H,3,8-9H2,1-2H3. The Hall–Kier alpha value is -1.88. The van der Waals surface area contributed by atoms with E-state index < -0.39 is 0 Å². The van der Waals surface area contributed by atoms with Gasteiger partial charge in [0.25, 0.3) is 0 Å². The van der Waals surface area contributed by atoms with E-state index in [4.69, 9.17) is 0 Å². The minimum atomic E-state index is 0.0290. The van der Waals surface area contributed by atoms with Crippen molar-refractivity contribution in [1.82, 2.24) is 9.88 Å². The van der Waals surface area contributed by atoms with Gasteiger partial charge in [0.1, 0.15) is 5.75 Å². The second-order valence-electron chi connectivity index (χ2n) is 4.68. The molecule has 0 spiro atoms. The van der Waals surface area contributed by atoms with Crippen molar-refractivity contribution < 1.29 is 9.90 Å². The molecule has 0 radical (unpaired) electrons. The Kier molecular flexibility index (Phi) is 4.74. The molecule has 0 saturated carbocycles. The highest BCUT2D eigenvalue weighted by Gasteiger charge is 2.12. The third-order valence-electron chi connectivity index (χ3n) is 2.99. The number of phenolic OH excluding ortho intramolecular Hbond substituents is 1. The summed E-state index contributed by atoms with van der Waals surface area (Å²) in [7, 11) is 1.76. The lowest BCUT2D eigenvalue weighted by molar-refractivity contribution is -0.129. The smallest absolute Gasteiger partial charge is 0.228 e. The van der Waals surface area contributed by atoms with Gasteiger partial charge in [-0.05, 0) is 24.1 Å². The highest BCUT2D eigenvalue weighted by atomic mass is 32.1. The molecular weight excluding hydrogens is 272 g/mol. The summed E-state index contributed by atoms with van der Waals surface area (Å²) in [5.41, 5.74) is 1.74. The molecule has 1 aromatic heterocycles. The number of aromatic nitrogens is 1. The van der Waals surface area contributed by atoms with Crippen LogP contribution in [0, 0.1) is 0 Å². The van der Waals surface area contributed by atoms with Crippen molar-refractivity contribution in [2.24, 2.45) is 0 Å². The molecule has 4 nitrogen and oxygen atoms in total. The van der Waals surface area contributed by atoms with E-state index in [9.17, 15) is 9.90 Å². The molecule has 1 aromatic carbocycles. The topological polar surface area (TPSA) is 53.4 Å². The maximum Gasteiger partial charge on any atom is 0.228 e. The number of carbonyl (C=O) groups is 1. The number of benzene rings is 1. The van der Waals surface area contributed by atoms with Crippen LogP contribution in [0.2, 0.25) is 0 Å². The van der Waals surface area contributed by atoms with Crippen molar-refractivity contribution in [1.29, 1.82) is 0 Å². The third kappa shape index (κ3) is 3.81. The number of nitrogens with zero attached hydrogens (tertiary/aromatic N) is 2. The molecule has 0 unspecified atom stereocenters. The van der Waals surface area contributed by atoms with Gasteiger partial charge < -0.3 is 10.0 Å². The van der Waals surface area contributed by atoms with Gasteiger partial charge in [-0.1, -0.05) is 19.1 Å². The van der Waals surface area contributed by atoms with Gasteiger partial charge in [-0.3, -0.25) is 4.79 Å². The Morgan fingerprint density at radius 2 is 2.25 bits per heavy atom. The van der Waals surface area contributed by atoms with Crippen molar-refractivity contribution in [3.05, 3.63) is 45.9 Å². The fourth-order valence-corrected chi connectivity index (χ4v) is 2.64. The van der Waals surface area contributed by atoms with Crippen molar-refractivity contribution >= 4 is 17.2 Å². The largest absolute Gasteiger partial charge is 0.508 e. The Bertz CT molecular complexity index is 595. The minimum Gasteiger partial charge on any atom is -0.508 e. The Balaban J connectivity index is 1.95. The quantitative estimate of drug-likeness (QED) is 0.921. The van der Waals surface area contributed by atoms with Gasteiger partial charge in [0, 0.05) is 19.0 Å². The molecule has 106 valence electrons. The summed E-state index contributed by atoms with van der Waals surface area (Å²) in [6.45, 7) is 2.54. The van der Waals surface area contributed by atoms with Crippen LogP contribution in [0.4, 0.5) is 0 Å². The van der Waals surface area contributed by atoms with Crippen LogP contribution in [-0.2, 0) is 24.2 Å².